The van der Waals surface area contributed by atoms with Crippen molar-refractivity contribution in [3.05, 3.63) is 24.3 Å². The first-order valence-corrected chi connectivity index (χ1v) is 4.43. The van der Waals surface area contributed by atoms with Gasteiger partial charge in [-0.15, -0.1) is 0 Å². The van der Waals surface area contributed by atoms with Crippen LogP contribution in [0.15, 0.2) is 24.3 Å². The molecule has 0 heterocycles. The fraction of sp³-hybridized carbons (Fsp3) is 0.455. The van der Waals surface area contributed by atoms with E-state index in [2.05, 4.69) is 13.2 Å². The molecule has 4 nitrogen and oxygen atoms in total. The van der Waals surface area contributed by atoms with E-state index in [9.17, 15) is 9.59 Å². The minimum atomic E-state index is -0.935. The van der Waals surface area contributed by atoms with E-state index >= 15 is 0 Å². The van der Waals surface area contributed by atoms with E-state index in [0.29, 0.717) is 5.57 Å². The molecular weight excluding hydrogens is 196 g/mol. The van der Waals surface area contributed by atoms with Crippen LogP contribution in [0.2, 0.25) is 0 Å². The lowest BCUT2D eigenvalue weighted by molar-refractivity contribution is -0.142. The van der Waals surface area contributed by atoms with Gasteiger partial charge in [0.1, 0.15) is 0 Å². The summed E-state index contributed by atoms with van der Waals surface area (Å²) in [6.45, 7) is 13.3. The van der Waals surface area contributed by atoms with E-state index in [1.807, 2.05) is 0 Å². The second-order valence-corrected chi connectivity index (χ2v) is 3.32. The monoisotopic (exact) mass is 214 g/mol. The van der Waals surface area contributed by atoms with E-state index in [1.54, 1.807) is 20.8 Å². The van der Waals surface area contributed by atoms with Crippen LogP contribution in [0.5, 0.6) is 0 Å². The summed E-state index contributed by atoms with van der Waals surface area (Å²) in [5.41, 5.74) is 0.624. The average molecular weight is 214 g/mol. The van der Waals surface area contributed by atoms with Crippen LogP contribution in [-0.4, -0.2) is 23.1 Å². The number of carbonyl (C=O) groups excluding carboxylic acids is 1. The third-order valence-corrected chi connectivity index (χ3v) is 1.06. The van der Waals surface area contributed by atoms with Gasteiger partial charge in [0.2, 0.25) is 0 Å². The summed E-state index contributed by atoms with van der Waals surface area (Å²) in [5.74, 6) is -1.25. The van der Waals surface area contributed by atoms with Gasteiger partial charge in [-0.25, -0.2) is 9.59 Å². The van der Waals surface area contributed by atoms with Crippen LogP contribution in [0.1, 0.15) is 27.7 Å². The molecule has 15 heavy (non-hydrogen) atoms. The van der Waals surface area contributed by atoms with Gasteiger partial charge < -0.3 is 9.84 Å². The van der Waals surface area contributed by atoms with Gasteiger partial charge in [0, 0.05) is 11.1 Å². The van der Waals surface area contributed by atoms with Crippen molar-refractivity contribution < 1.29 is 19.4 Å². The van der Waals surface area contributed by atoms with Crippen molar-refractivity contribution in [1.82, 2.24) is 0 Å². The van der Waals surface area contributed by atoms with Gasteiger partial charge in [-0.1, -0.05) is 13.2 Å². The lowest BCUT2D eigenvalue weighted by Gasteiger charge is -2.05. The lowest BCUT2D eigenvalue weighted by Crippen LogP contribution is -2.11. The Morgan fingerprint density at radius 2 is 1.47 bits per heavy atom. The van der Waals surface area contributed by atoms with Crippen LogP contribution in [0.4, 0.5) is 0 Å². The first kappa shape index (κ1) is 15.9. The Hall–Kier alpha value is -1.58. The predicted molar refractivity (Wildman–Crippen MR) is 58.5 cm³/mol. The van der Waals surface area contributed by atoms with Gasteiger partial charge in [-0.2, -0.15) is 0 Å². The molecule has 0 atom stereocenters. The van der Waals surface area contributed by atoms with Crippen molar-refractivity contribution >= 4 is 11.9 Å². The smallest absolute Gasteiger partial charge is 0.333 e. The number of rotatable bonds is 3. The summed E-state index contributed by atoms with van der Waals surface area (Å²) >= 11 is 0. The summed E-state index contributed by atoms with van der Waals surface area (Å²) in [4.78, 5) is 20.2. The minimum Gasteiger partial charge on any atom is -0.478 e. The van der Waals surface area contributed by atoms with Crippen molar-refractivity contribution in [2.24, 2.45) is 0 Å². The van der Waals surface area contributed by atoms with Gasteiger partial charge in [-0.3, -0.25) is 0 Å². The van der Waals surface area contributed by atoms with Crippen molar-refractivity contribution in [2.45, 2.75) is 33.8 Å². The first-order valence-electron chi connectivity index (χ1n) is 4.43. The maximum Gasteiger partial charge on any atom is 0.333 e. The Kier molecular flexibility index (Phi) is 8.24. The topological polar surface area (TPSA) is 63.6 Å². The molecule has 0 aliphatic carbocycles. The van der Waals surface area contributed by atoms with E-state index in [0.717, 1.165) is 0 Å². The van der Waals surface area contributed by atoms with E-state index < -0.39 is 5.97 Å². The molecule has 0 aliphatic heterocycles. The fourth-order valence-electron chi connectivity index (χ4n) is 0.315. The van der Waals surface area contributed by atoms with Crippen LogP contribution >= 0.6 is 0 Å². The molecule has 0 spiro atoms. The lowest BCUT2D eigenvalue weighted by atomic mass is 10.3. The van der Waals surface area contributed by atoms with Gasteiger partial charge in [0.15, 0.2) is 0 Å². The van der Waals surface area contributed by atoms with Crippen molar-refractivity contribution in [1.29, 1.82) is 0 Å². The Morgan fingerprint density at radius 1 is 1.13 bits per heavy atom. The van der Waals surface area contributed by atoms with Crippen LogP contribution in [-0.2, 0) is 14.3 Å². The second-order valence-electron chi connectivity index (χ2n) is 3.32. The number of aliphatic carboxylic acids is 1. The Morgan fingerprint density at radius 3 is 1.53 bits per heavy atom. The van der Waals surface area contributed by atoms with Crippen molar-refractivity contribution in [3.63, 3.8) is 0 Å². The van der Waals surface area contributed by atoms with Gasteiger partial charge >= 0.3 is 11.9 Å². The SMILES string of the molecule is C=C(C)C(=O)O.C=C(C)C(=O)OC(C)C. The standard InChI is InChI=1S/C7H12O2.C4H6O2/c1-5(2)7(8)9-6(3)4;1-3(2)4(5)6/h6H,1H2,2-4H3;1H2,2H3,(H,5,6). The molecule has 0 aromatic carbocycles. The maximum atomic E-state index is 10.6. The molecule has 0 saturated carbocycles. The number of hydrogen-bond donors (Lipinski definition) is 1. The van der Waals surface area contributed by atoms with Crippen molar-refractivity contribution in [2.75, 3.05) is 0 Å². The van der Waals surface area contributed by atoms with Crippen LogP contribution < -0.4 is 0 Å². The Balaban J connectivity index is 0. The normalized spacial score (nSPS) is 8.60. The molecule has 0 unspecified atom stereocenters. The van der Waals surface area contributed by atoms with Crippen LogP contribution in [0.25, 0.3) is 0 Å². The van der Waals surface area contributed by atoms with Crippen molar-refractivity contribution in [3.8, 4) is 0 Å². The molecule has 0 aromatic rings. The number of ether oxygens (including phenoxy) is 1. The highest BCUT2D eigenvalue weighted by atomic mass is 16.5. The second kappa shape index (κ2) is 7.79. The minimum absolute atomic E-state index is 0.0470. The van der Waals surface area contributed by atoms with Gasteiger partial charge in [-0.05, 0) is 27.7 Å². The molecule has 0 saturated heterocycles. The van der Waals surface area contributed by atoms with E-state index in [1.165, 1.54) is 6.92 Å². The van der Waals surface area contributed by atoms with E-state index in [4.69, 9.17) is 9.84 Å². The Bertz CT molecular complexity index is 252. The zero-order valence-corrected chi connectivity index (χ0v) is 9.66. The summed E-state index contributed by atoms with van der Waals surface area (Å²) in [6.07, 6.45) is -0.0470. The molecule has 86 valence electrons. The molecule has 4 heteroatoms. The highest BCUT2D eigenvalue weighted by Gasteiger charge is 2.03. The number of hydrogen-bond acceptors (Lipinski definition) is 3. The van der Waals surface area contributed by atoms with E-state index in [-0.39, 0.29) is 17.6 Å². The predicted octanol–water partition coefficient (Wildman–Crippen LogP) is 2.16. The number of carbonyl (C=O) groups is 2. The Labute approximate surface area is 90.2 Å². The highest BCUT2D eigenvalue weighted by Crippen LogP contribution is 1.95. The molecule has 0 rings (SSSR count). The number of carboxylic acid groups (broad SMARTS) is 1. The quantitative estimate of drug-likeness (QED) is 0.577. The van der Waals surface area contributed by atoms with Gasteiger partial charge in [0.05, 0.1) is 6.10 Å². The maximum absolute atomic E-state index is 10.6. The molecule has 1 N–H and O–H groups in total. The third-order valence-electron chi connectivity index (χ3n) is 1.06. The molecule has 0 amide bonds. The number of esters is 1. The summed E-state index contributed by atoms with van der Waals surface area (Å²) < 4.78 is 4.77. The average Bonchev–Trinajstić information content (AvgIpc) is 2.03. The van der Waals surface area contributed by atoms with Gasteiger partial charge in [0.25, 0.3) is 0 Å². The zero-order chi connectivity index (χ0) is 12.6. The van der Waals surface area contributed by atoms with Crippen LogP contribution in [0.3, 0.4) is 0 Å². The summed E-state index contributed by atoms with van der Waals surface area (Å²) in [7, 11) is 0. The fourth-order valence-corrected chi connectivity index (χ4v) is 0.315. The largest absolute Gasteiger partial charge is 0.478 e. The molecule has 0 bridgehead atoms. The summed E-state index contributed by atoms with van der Waals surface area (Å²) in [6, 6.07) is 0. The van der Waals surface area contributed by atoms with Crippen LogP contribution in [0, 0.1) is 0 Å². The molecular formula is C11H18O4. The first-order chi connectivity index (χ1) is 6.68. The molecule has 0 aromatic heterocycles. The third kappa shape index (κ3) is 12.4. The highest BCUT2D eigenvalue weighted by molar-refractivity contribution is 5.87. The summed E-state index contributed by atoms with van der Waals surface area (Å²) in [5, 5.41) is 7.89. The molecule has 0 aliphatic rings. The zero-order valence-electron chi connectivity index (χ0n) is 9.66. The number of carboxylic acids is 1. The molecule has 0 radical (unpaired) electrons. The molecule has 0 fully saturated rings.